The molecular weight excluding hydrogens is 268 g/mol. The largest absolute Gasteiger partial charge is 0.439 e. The van der Waals surface area contributed by atoms with Gasteiger partial charge in [0.1, 0.15) is 10.7 Å². The molecule has 0 aliphatic carbocycles. The van der Waals surface area contributed by atoms with Crippen LogP contribution < -0.4 is 10.5 Å². The van der Waals surface area contributed by atoms with Crippen molar-refractivity contribution in [3.8, 4) is 11.6 Å². The topological polar surface area (TPSA) is 48.1 Å². The molecule has 0 radical (unpaired) electrons. The second-order valence-electron chi connectivity index (χ2n) is 5.63. The molecule has 0 atom stereocenters. The maximum Gasteiger partial charge on any atom is 0.219 e. The summed E-state index contributed by atoms with van der Waals surface area (Å²) in [5.41, 5.74) is 7.57. The van der Waals surface area contributed by atoms with Crippen molar-refractivity contribution in [1.29, 1.82) is 0 Å². The van der Waals surface area contributed by atoms with Crippen molar-refractivity contribution < 1.29 is 4.74 Å². The zero-order chi connectivity index (χ0) is 14.8. The molecule has 0 amide bonds. The quantitative estimate of drug-likeness (QED) is 0.872. The number of thiocarbonyl (C=S) groups is 1. The van der Waals surface area contributed by atoms with Crippen LogP contribution in [0.3, 0.4) is 0 Å². The number of hydrogen-bond donors (Lipinski definition) is 1. The molecular formula is C16H18N2OS. The van der Waals surface area contributed by atoms with Crippen molar-refractivity contribution in [2.75, 3.05) is 0 Å². The Hall–Kier alpha value is -1.94. The number of ether oxygens (including phenoxy) is 1. The van der Waals surface area contributed by atoms with Gasteiger partial charge in [0.25, 0.3) is 0 Å². The number of nitrogens with two attached hydrogens (primary N) is 1. The molecule has 0 saturated carbocycles. The van der Waals surface area contributed by atoms with E-state index in [9.17, 15) is 0 Å². The van der Waals surface area contributed by atoms with Crippen LogP contribution >= 0.6 is 12.2 Å². The minimum absolute atomic E-state index is 0.0857. The van der Waals surface area contributed by atoms with E-state index >= 15 is 0 Å². The highest BCUT2D eigenvalue weighted by Crippen LogP contribution is 2.27. The van der Waals surface area contributed by atoms with Crippen molar-refractivity contribution in [1.82, 2.24) is 4.98 Å². The summed E-state index contributed by atoms with van der Waals surface area (Å²) in [6, 6.07) is 11.6. The zero-order valence-electron chi connectivity index (χ0n) is 11.9. The smallest absolute Gasteiger partial charge is 0.219 e. The second-order valence-corrected chi connectivity index (χ2v) is 6.07. The Bertz CT molecular complexity index is 615. The highest BCUT2D eigenvalue weighted by atomic mass is 32.1. The predicted molar refractivity (Wildman–Crippen MR) is 85.3 cm³/mol. The van der Waals surface area contributed by atoms with E-state index in [1.807, 2.05) is 18.2 Å². The third kappa shape index (κ3) is 3.54. The summed E-state index contributed by atoms with van der Waals surface area (Å²) in [6.45, 7) is 6.50. The molecule has 2 N–H and O–H groups in total. The number of aromatic nitrogens is 1. The van der Waals surface area contributed by atoms with Crippen LogP contribution in [0.1, 0.15) is 31.9 Å². The maximum atomic E-state index is 5.75. The maximum absolute atomic E-state index is 5.75. The van der Waals surface area contributed by atoms with Crippen LogP contribution in [0.15, 0.2) is 42.6 Å². The summed E-state index contributed by atoms with van der Waals surface area (Å²) in [7, 11) is 0. The third-order valence-electron chi connectivity index (χ3n) is 2.94. The summed E-state index contributed by atoms with van der Waals surface area (Å²) in [4.78, 5) is 4.53. The standard InChI is InChI=1S/C16H18N2OS/c1-16(2,3)12-5-4-6-13(9-12)19-14-8-7-11(10-18-14)15(17)20/h4-10H,1-3H3,(H2,17,20). The number of benzene rings is 1. The van der Waals surface area contributed by atoms with E-state index in [2.05, 4.69) is 31.8 Å². The van der Waals surface area contributed by atoms with Crippen LogP contribution in [-0.4, -0.2) is 9.97 Å². The van der Waals surface area contributed by atoms with Gasteiger partial charge in [-0.3, -0.25) is 0 Å². The minimum Gasteiger partial charge on any atom is -0.439 e. The van der Waals surface area contributed by atoms with Crippen LogP contribution in [0.4, 0.5) is 0 Å². The number of rotatable bonds is 3. The Morgan fingerprint density at radius 2 is 1.95 bits per heavy atom. The number of hydrogen-bond acceptors (Lipinski definition) is 3. The van der Waals surface area contributed by atoms with Crippen molar-refractivity contribution >= 4 is 17.2 Å². The fourth-order valence-corrected chi connectivity index (χ4v) is 1.85. The van der Waals surface area contributed by atoms with Gasteiger partial charge in [0, 0.05) is 17.8 Å². The summed E-state index contributed by atoms with van der Waals surface area (Å²) < 4.78 is 5.75. The fraction of sp³-hybridized carbons (Fsp3) is 0.250. The van der Waals surface area contributed by atoms with Crippen LogP contribution in [0.2, 0.25) is 0 Å². The average molecular weight is 286 g/mol. The third-order valence-corrected chi connectivity index (χ3v) is 3.18. The van der Waals surface area contributed by atoms with E-state index < -0.39 is 0 Å². The van der Waals surface area contributed by atoms with Crippen LogP contribution in [0.25, 0.3) is 0 Å². The molecule has 20 heavy (non-hydrogen) atoms. The molecule has 1 aromatic carbocycles. The minimum atomic E-state index is 0.0857. The second kappa shape index (κ2) is 5.59. The lowest BCUT2D eigenvalue weighted by molar-refractivity contribution is 0.459. The van der Waals surface area contributed by atoms with Gasteiger partial charge < -0.3 is 10.5 Å². The van der Waals surface area contributed by atoms with Crippen molar-refractivity contribution in [2.24, 2.45) is 5.73 Å². The first-order valence-corrected chi connectivity index (χ1v) is 6.81. The summed E-state index contributed by atoms with van der Waals surface area (Å²) in [5, 5.41) is 0. The lowest BCUT2D eigenvalue weighted by atomic mass is 9.87. The summed E-state index contributed by atoms with van der Waals surface area (Å²) in [5.74, 6) is 1.30. The molecule has 0 aliphatic heterocycles. The Balaban J connectivity index is 2.20. The first-order chi connectivity index (χ1) is 9.36. The molecule has 2 rings (SSSR count). The van der Waals surface area contributed by atoms with Crippen LogP contribution in [0, 0.1) is 0 Å². The molecule has 0 bridgehead atoms. The normalized spacial score (nSPS) is 11.2. The van der Waals surface area contributed by atoms with Gasteiger partial charge in [-0.1, -0.05) is 45.1 Å². The Kier molecular flexibility index (Phi) is 4.04. The molecule has 0 fully saturated rings. The lowest BCUT2D eigenvalue weighted by Gasteiger charge is -2.19. The highest BCUT2D eigenvalue weighted by molar-refractivity contribution is 7.80. The molecule has 0 spiro atoms. The van der Waals surface area contributed by atoms with Gasteiger partial charge in [-0.05, 0) is 29.2 Å². The Morgan fingerprint density at radius 1 is 1.20 bits per heavy atom. The van der Waals surface area contributed by atoms with E-state index in [-0.39, 0.29) is 5.41 Å². The van der Waals surface area contributed by atoms with Gasteiger partial charge in [-0.2, -0.15) is 0 Å². The molecule has 4 heteroatoms. The van der Waals surface area contributed by atoms with Crippen molar-refractivity contribution in [2.45, 2.75) is 26.2 Å². The van der Waals surface area contributed by atoms with Crippen LogP contribution in [-0.2, 0) is 5.41 Å². The Morgan fingerprint density at radius 3 is 2.50 bits per heavy atom. The van der Waals surface area contributed by atoms with Gasteiger partial charge in [-0.15, -0.1) is 0 Å². The van der Waals surface area contributed by atoms with Crippen molar-refractivity contribution in [3.63, 3.8) is 0 Å². The molecule has 1 heterocycles. The first-order valence-electron chi connectivity index (χ1n) is 6.40. The molecule has 0 saturated heterocycles. The van der Waals surface area contributed by atoms with Gasteiger partial charge >= 0.3 is 0 Å². The predicted octanol–water partition coefficient (Wildman–Crippen LogP) is 3.81. The zero-order valence-corrected chi connectivity index (χ0v) is 12.7. The molecule has 0 aliphatic rings. The average Bonchev–Trinajstić information content (AvgIpc) is 2.38. The van der Waals surface area contributed by atoms with Gasteiger partial charge in [0.05, 0.1) is 0 Å². The van der Waals surface area contributed by atoms with Gasteiger partial charge in [-0.25, -0.2) is 4.98 Å². The first kappa shape index (κ1) is 14.5. The molecule has 2 aromatic rings. The number of pyridine rings is 1. The van der Waals surface area contributed by atoms with Gasteiger partial charge in [0.2, 0.25) is 5.88 Å². The highest BCUT2D eigenvalue weighted by Gasteiger charge is 2.14. The van der Waals surface area contributed by atoms with Crippen molar-refractivity contribution in [3.05, 3.63) is 53.7 Å². The van der Waals surface area contributed by atoms with E-state index in [1.54, 1.807) is 18.3 Å². The van der Waals surface area contributed by atoms with Crippen LogP contribution in [0.5, 0.6) is 11.6 Å². The van der Waals surface area contributed by atoms with Gasteiger partial charge in [0.15, 0.2) is 0 Å². The van der Waals surface area contributed by atoms with E-state index in [0.29, 0.717) is 10.9 Å². The fourth-order valence-electron chi connectivity index (χ4n) is 1.73. The van der Waals surface area contributed by atoms with E-state index in [4.69, 9.17) is 22.7 Å². The molecule has 3 nitrogen and oxygen atoms in total. The lowest BCUT2D eigenvalue weighted by Crippen LogP contribution is -2.10. The SMILES string of the molecule is CC(C)(C)c1cccc(Oc2ccc(C(N)=S)cn2)c1. The van der Waals surface area contributed by atoms with E-state index in [1.165, 1.54) is 5.56 Å². The molecule has 1 aromatic heterocycles. The Labute approximate surface area is 124 Å². The summed E-state index contributed by atoms with van der Waals surface area (Å²) >= 11 is 4.89. The summed E-state index contributed by atoms with van der Waals surface area (Å²) in [6.07, 6.45) is 1.62. The number of nitrogens with zero attached hydrogens (tertiary/aromatic N) is 1. The van der Waals surface area contributed by atoms with E-state index in [0.717, 1.165) is 11.3 Å². The monoisotopic (exact) mass is 286 g/mol. The molecule has 104 valence electrons. The molecule has 0 unspecified atom stereocenters.